The molecule has 0 aliphatic carbocycles. The van der Waals surface area contributed by atoms with Crippen LogP contribution in [0.4, 0.5) is 0 Å². The van der Waals surface area contributed by atoms with Crippen LogP contribution < -0.4 is 0 Å². The number of carbonyl (C=O) groups excluding carboxylic acids is 2. The molecule has 0 unspecified atom stereocenters. The van der Waals surface area contributed by atoms with E-state index < -0.39 is 0 Å². The largest absolute Gasteiger partial charge is 0.383 e. The summed E-state index contributed by atoms with van der Waals surface area (Å²) in [6.07, 6.45) is 2.20. The minimum absolute atomic E-state index is 0.169. The van der Waals surface area contributed by atoms with Crippen LogP contribution in [-0.4, -0.2) is 62.6 Å². The number of hydrogen-bond donors (Lipinski definition) is 1. The lowest BCUT2D eigenvalue weighted by molar-refractivity contribution is 0.0622. The number of nitrogens with zero attached hydrogens (tertiary/aromatic N) is 1. The van der Waals surface area contributed by atoms with Crippen molar-refractivity contribution in [1.29, 1.82) is 0 Å². The average Bonchev–Trinajstić information content (AvgIpc) is 2.87. The Morgan fingerprint density at radius 2 is 1.94 bits per heavy atom. The van der Waals surface area contributed by atoms with Gasteiger partial charge in [-0.2, -0.15) is 0 Å². The number of aromatic amines is 1. The average molecular weight is 254 g/mol. The summed E-state index contributed by atoms with van der Waals surface area (Å²) in [5, 5.41) is 0. The van der Waals surface area contributed by atoms with Crippen LogP contribution >= 0.6 is 0 Å². The van der Waals surface area contributed by atoms with Gasteiger partial charge in [-0.1, -0.05) is 0 Å². The van der Waals surface area contributed by atoms with Gasteiger partial charge in [0, 0.05) is 39.1 Å². The van der Waals surface area contributed by atoms with Crippen molar-refractivity contribution in [2.24, 2.45) is 0 Å². The van der Waals surface area contributed by atoms with Gasteiger partial charge in [-0.15, -0.1) is 0 Å². The number of nitrogens with one attached hydrogen (secondary N) is 1. The van der Waals surface area contributed by atoms with Crippen LogP contribution in [0.15, 0.2) is 12.3 Å². The van der Waals surface area contributed by atoms with Crippen molar-refractivity contribution in [2.45, 2.75) is 0 Å². The zero-order valence-electron chi connectivity index (χ0n) is 10.6. The van der Waals surface area contributed by atoms with Gasteiger partial charge in [0.1, 0.15) is 5.69 Å². The van der Waals surface area contributed by atoms with Gasteiger partial charge in [-0.25, -0.2) is 0 Å². The van der Waals surface area contributed by atoms with Gasteiger partial charge in [0.2, 0.25) is 0 Å². The van der Waals surface area contributed by atoms with Gasteiger partial charge in [0.05, 0.1) is 13.2 Å². The Hall–Kier alpha value is -1.66. The Morgan fingerprint density at radius 1 is 1.33 bits per heavy atom. The van der Waals surface area contributed by atoms with Crippen LogP contribution in [0.5, 0.6) is 0 Å². The molecule has 0 fully saturated rings. The Bertz CT molecular complexity index is 381. The van der Waals surface area contributed by atoms with Crippen LogP contribution in [-0.2, 0) is 9.47 Å². The number of amides is 1. The predicted octanol–water partition coefficient (Wildman–Crippen LogP) is 0.562. The van der Waals surface area contributed by atoms with Gasteiger partial charge >= 0.3 is 0 Å². The smallest absolute Gasteiger partial charge is 0.270 e. The molecule has 0 spiro atoms. The molecule has 1 aromatic rings. The number of hydrogen-bond acceptors (Lipinski definition) is 4. The quantitative estimate of drug-likeness (QED) is 0.688. The monoisotopic (exact) mass is 254 g/mol. The fourth-order valence-corrected chi connectivity index (χ4v) is 1.49. The number of rotatable bonds is 8. The Kier molecular flexibility index (Phi) is 6.10. The van der Waals surface area contributed by atoms with E-state index in [9.17, 15) is 9.59 Å². The molecule has 6 heteroatoms. The highest BCUT2D eigenvalue weighted by Crippen LogP contribution is 2.05. The van der Waals surface area contributed by atoms with Crippen LogP contribution in [0.2, 0.25) is 0 Å². The van der Waals surface area contributed by atoms with Gasteiger partial charge in [-0.05, 0) is 6.07 Å². The zero-order valence-corrected chi connectivity index (χ0v) is 10.6. The minimum Gasteiger partial charge on any atom is -0.383 e. The first-order valence-electron chi connectivity index (χ1n) is 5.63. The second-order valence-electron chi connectivity index (χ2n) is 3.74. The molecular weight excluding hydrogens is 236 g/mol. The summed E-state index contributed by atoms with van der Waals surface area (Å²) >= 11 is 0. The van der Waals surface area contributed by atoms with E-state index >= 15 is 0 Å². The summed E-state index contributed by atoms with van der Waals surface area (Å²) < 4.78 is 9.93. The SMILES string of the molecule is COCCN(CCOC)C(=O)c1cc(C=O)c[nH]1. The lowest BCUT2D eigenvalue weighted by atomic mass is 10.3. The molecule has 1 heterocycles. The maximum Gasteiger partial charge on any atom is 0.270 e. The van der Waals surface area contributed by atoms with E-state index in [1.165, 1.54) is 12.3 Å². The van der Waals surface area contributed by atoms with Crippen LogP contribution in [0.3, 0.4) is 0 Å². The molecule has 1 rings (SSSR count). The topological polar surface area (TPSA) is 71.6 Å². The summed E-state index contributed by atoms with van der Waals surface area (Å²) in [5.41, 5.74) is 0.848. The maximum atomic E-state index is 12.2. The van der Waals surface area contributed by atoms with Crippen LogP contribution in [0.1, 0.15) is 20.8 Å². The van der Waals surface area contributed by atoms with Gasteiger partial charge < -0.3 is 19.4 Å². The second kappa shape index (κ2) is 7.62. The first-order chi connectivity index (χ1) is 8.72. The Labute approximate surface area is 106 Å². The van der Waals surface area contributed by atoms with E-state index in [0.717, 1.165) is 0 Å². The molecule has 100 valence electrons. The summed E-state index contributed by atoms with van der Waals surface area (Å²) in [5.74, 6) is -0.169. The lowest BCUT2D eigenvalue weighted by Crippen LogP contribution is -2.36. The zero-order chi connectivity index (χ0) is 13.4. The molecule has 0 saturated heterocycles. The van der Waals surface area contributed by atoms with E-state index in [1.54, 1.807) is 19.1 Å². The highest BCUT2D eigenvalue weighted by molar-refractivity contribution is 5.94. The minimum atomic E-state index is -0.169. The standard InChI is InChI=1S/C12H18N2O4/c1-17-5-3-14(4-6-18-2)12(16)11-7-10(9-15)8-13-11/h7-9,13H,3-6H2,1-2H3. The molecule has 1 N–H and O–H groups in total. The van der Waals surface area contributed by atoms with E-state index in [4.69, 9.17) is 9.47 Å². The number of ether oxygens (including phenoxy) is 2. The third kappa shape index (κ3) is 3.97. The number of aromatic nitrogens is 1. The molecule has 0 bridgehead atoms. The summed E-state index contributed by atoms with van der Waals surface area (Å²) in [6.45, 7) is 1.87. The van der Waals surface area contributed by atoms with Crippen molar-refractivity contribution in [3.05, 3.63) is 23.5 Å². The van der Waals surface area contributed by atoms with Gasteiger partial charge in [0.15, 0.2) is 6.29 Å². The number of methoxy groups -OCH3 is 2. The van der Waals surface area contributed by atoms with Crippen molar-refractivity contribution in [1.82, 2.24) is 9.88 Å². The number of aldehydes is 1. The van der Waals surface area contributed by atoms with E-state index in [1.807, 2.05) is 0 Å². The van der Waals surface area contributed by atoms with E-state index in [0.29, 0.717) is 43.8 Å². The highest BCUT2D eigenvalue weighted by Gasteiger charge is 2.16. The third-order valence-corrected chi connectivity index (χ3v) is 2.49. The van der Waals surface area contributed by atoms with Crippen LogP contribution in [0, 0.1) is 0 Å². The molecule has 18 heavy (non-hydrogen) atoms. The molecular formula is C12H18N2O4. The van der Waals surface area contributed by atoms with Crippen molar-refractivity contribution in [2.75, 3.05) is 40.5 Å². The molecule has 1 aromatic heterocycles. The van der Waals surface area contributed by atoms with E-state index in [-0.39, 0.29) is 5.91 Å². The summed E-state index contributed by atoms with van der Waals surface area (Å²) in [6, 6.07) is 1.53. The first kappa shape index (κ1) is 14.4. The molecule has 1 amide bonds. The second-order valence-corrected chi connectivity index (χ2v) is 3.74. The molecule has 0 atom stereocenters. The normalized spacial score (nSPS) is 10.3. The van der Waals surface area contributed by atoms with Crippen molar-refractivity contribution < 1.29 is 19.1 Å². The summed E-state index contributed by atoms with van der Waals surface area (Å²) in [4.78, 5) is 27.1. The van der Waals surface area contributed by atoms with Gasteiger partial charge in [0.25, 0.3) is 5.91 Å². The molecule has 0 aliphatic heterocycles. The number of H-pyrrole nitrogens is 1. The van der Waals surface area contributed by atoms with Crippen molar-refractivity contribution >= 4 is 12.2 Å². The Morgan fingerprint density at radius 3 is 2.39 bits per heavy atom. The van der Waals surface area contributed by atoms with E-state index in [2.05, 4.69) is 4.98 Å². The fourth-order valence-electron chi connectivity index (χ4n) is 1.49. The Balaban J connectivity index is 2.70. The molecule has 6 nitrogen and oxygen atoms in total. The third-order valence-electron chi connectivity index (χ3n) is 2.49. The van der Waals surface area contributed by atoms with Crippen LogP contribution in [0.25, 0.3) is 0 Å². The lowest BCUT2D eigenvalue weighted by Gasteiger charge is -2.21. The molecule has 0 saturated carbocycles. The molecule has 0 radical (unpaired) electrons. The fraction of sp³-hybridized carbons (Fsp3) is 0.500. The summed E-state index contributed by atoms with van der Waals surface area (Å²) in [7, 11) is 3.16. The first-order valence-corrected chi connectivity index (χ1v) is 5.63. The number of carbonyl (C=O) groups is 2. The van der Waals surface area contributed by atoms with Crippen molar-refractivity contribution in [3.8, 4) is 0 Å². The molecule has 0 aliphatic rings. The predicted molar refractivity (Wildman–Crippen MR) is 65.8 cm³/mol. The van der Waals surface area contributed by atoms with Gasteiger partial charge in [-0.3, -0.25) is 9.59 Å². The maximum absolute atomic E-state index is 12.2. The molecule has 0 aromatic carbocycles. The van der Waals surface area contributed by atoms with Crippen molar-refractivity contribution in [3.63, 3.8) is 0 Å². The highest BCUT2D eigenvalue weighted by atomic mass is 16.5.